The maximum absolute atomic E-state index is 13.0. The van der Waals surface area contributed by atoms with Gasteiger partial charge in [0.15, 0.2) is 16.8 Å². The molecule has 2 aromatic carbocycles. The summed E-state index contributed by atoms with van der Waals surface area (Å²) < 4.78 is 18.4. The molecule has 1 atom stereocenters. The molecule has 0 bridgehead atoms. The molecule has 0 saturated carbocycles. The topological polar surface area (TPSA) is 95.7 Å². The number of hydrogen-bond donors (Lipinski definition) is 1. The van der Waals surface area contributed by atoms with Gasteiger partial charge in [-0.05, 0) is 55.3 Å². The SMILES string of the molecule is COc1ccc(OC)c(C(=O)CSc2nnc(-c3ccc(O)cc3)n2CC2CCCO2)c1. The molecular weight excluding hydrogens is 430 g/mol. The lowest BCUT2D eigenvalue weighted by atomic mass is 10.1. The molecule has 1 saturated heterocycles. The van der Waals surface area contributed by atoms with Crippen LogP contribution in [0.4, 0.5) is 0 Å². The van der Waals surface area contributed by atoms with Gasteiger partial charge in [-0.25, -0.2) is 0 Å². The summed E-state index contributed by atoms with van der Waals surface area (Å²) in [4.78, 5) is 13.0. The first-order chi connectivity index (χ1) is 15.6. The van der Waals surface area contributed by atoms with Crippen molar-refractivity contribution in [2.24, 2.45) is 0 Å². The Hall–Kier alpha value is -3.04. The number of aromatic nitrogens is 3. The zero-order valence-electron chi connectivity index (χ0n) is 18.0. The Labute approximate surface area is 190 Å². The van der Waals surface area contributed by atoms with Crippen LogP contribution in [0.25, 0.3) is 11.4 Å². The number of hydrogen-bond acceptors (Lipinski definition) is 8. The number of carbonyl (C=O) groups excluding carboxylic acids is 1. The summed E-state index contributed by atoms with van der Waals surface area (Å²) in [6, 6.07) is 12.0. The van der Waals surface area contributed by atoms with E-state index in [1.165, 1.54) is 18.9 Å². The molecule has 0 aliphatic carbocycles. The van der Waals surface area contributed by atoms with E-state index in [0.29, 0.717) is 34.6 Å². The Morgan fingerprint density at radius 3 is 2.69 bits per heavy atom. The van der Waals surface area contributed by atoms with Crippen LogP contribution < -0.4 is 9.47 Å². The molecule has 8 nitrogen and oxygen atoms in total. The molecule has 1 aromatic heterocycles. The third-order valence-electron chi connectivity index (χ3n) is 5.29. The zero-order chi connectivity index (χ0) is 22.5. The van der Waals surface area contributed by atoms with E-state index < -0.39 is 0 Å². The molecule has 1 N–H and O–H groups in total. The summed E-state index contributed by atoms with van der Waals surface area (Å²) >= 11 is 1.32. The Bertz CT molecular complexity index is 1080. The summed E-state index contributed by atoms with van der Waals surface area (Å²) in [6.07, 6.45) is 2.07. The fraction of sp³-hybridized carbons (Fsp3) is 0.348. The summed E-state index contributed by atoms with van der Waals surface area (Å²) in [6.45, 7) is 1.35. The first-order valence-corrected chi connectivity index (χ1v) is 11.3. The van der Waals surface area contributed by atoms with Crippen molar-refractivity contribution in [3.05, 3.63) is 48.0 Å². The van der Waals surface area contributed by atoms with Crippen molar-refractivity contribution in [3.8, 4) is 28.6 Å². The minimum atomic E-state index is -0.0939. The predicted molar refractivity (Wildman–Crippen MR) is 121 cm³/mol. The number of ketones is 1. The maximum Gasteiger partial charge on any atom is 0.192 e. The smallest absolute Gasteiger partial charge is 0.192 e. The highest BCUT2D eigenvalue weighted by Gasteiger charge is 2.23. The molecule has 0 amide bonds. The molecular formula is C23H25N3O5S. The predicted octanol–water partition coefficient (Wildman–Crippen LogP) is 3.82. The quantitative estimate of drug-likeness (QED) is 0.384. The Balaban J connectivity index is 1.58. The summed E-state index contributed by atoms with van der Waals surface area (Å²) in [5.41, 5.74) is 1.30. The first-order valence-electron chi connectivity index (χ1n) is 10.3. The number of phenols is 1. The largest absolute Gasteiger partial charge is 0.508 e. The second kappa shape index (κ2) is 10.1. The van der Waals surface area contributed by atoms with E-state index in [1.54, 1.807) is 49.6 Å². The fourth-order valence-electron chi connectivity index (χ4n) is 3.62. The number of Topliss-reactive ketones (excluding diaryl/α,β-unsaturated/α-hetero) is 1. The molecule has 4 rings (SSSR count). The van der Waals surface area contributed by atoms with Crippen molar-refractivity contribution in [3.63, 3.8) is 0 Å². The highest BCUT2D eigenvalue weighted by atomic mass is 32.2. The van der Waals surface area contributed by atoms with Gasteiger partial charge >= 0.3 is 0 Å². The molecule has 1 aliphatic rings. The Morgan fingerprint density at radius 1 is 1.19 bits per heavy atom. The lowest BCUT2D eigenvalue weighted by Crippen LogP contribution is -2.17. The van der Waals surface area contributed by atoms with E-state index in [4.69, 9.17) is 14.2 Å². The molecule has 1 unspecified atom stereocenters. The number of ether oxygens (including phenoxy) is 3. The molecule has 3 aromatic rings. The average Bonchev–Trinajstić information content (AvgIpc) is 3.48. The fourth-order valence-corrected chi connectivity index (χ4v) is 4.45. The second-order valence-electron chi connectivity index (χ2n) is 7.38. The summed E-state index contributed by atoms with van der Waals surface area (Å²) in [7, 11) is 3.09. The van der Waals surface area contributed by atoms with Gasteiger partial charge in [-0.15, -0.1) is 10.2 Å². The number of aromatic hydroxyl groups is 1. The van der Waals surface area contributed by atoms with Crippen LogP contribution in [0.15, 0.2) is 47.6 Å². The van der Waals surface area contributed by atoms with Crippen LogP contribution in [-0.4, -0.2) is 58.3 Å². The van der Waals surface area contributed by atoms with E-state index in [-0.39, 0.29) is 23.4 Å². The van der Waals surface area contributed by atoms with Crippen LogP contribution in [-0.2, 0) is 11.3 Å². The summed E-state index contributed by atoms with van der Waals surface area (Å²) in [5.74, 6) is 2.03. The maximum atomic E-state index is 13.0. The van der Waals surface area contributed by atoms with E-state index in [9.17, 15) is 9.90 Å². The van der Waals surface area contributed by atoms with E-state index in [2.05, 4.69) is 10.2 Å². The number of benzene rings is 2. The minimum Gasteiger partial charge on any atom is -0.508 e. The van der Waals surface area contributed by atoms with E-state index in [0.717, 1.165) is 25.0 Å². The standard InChI is InChI=1S/C23H25N3O5S/c1-29-17-9-10-21(30-2)19(12-17)20(28)14-32-23-25-24-22(15-5-7-16(27)8-6-15)26(23)13-18-4-3-11-31-18/h5-10,12,18,27H,3-4,11,13-14H2,1-2H3. The van der Waals surface area contributed by atoms with Crippen LogP contribution in [0.1, 0.15) is 23.2 Å². The monoisotopic (exact) mass is 455 g/mol. The van der Waals surface area contributed by atoms with Gasteiger partial charge in [0.05, 0.1) is 38.2 Å². The van der Waals surface area contributed by atoms with Crippen LogP contribution in [0, 0.1) is 0 Å². The van der Waals surface area contributed by atoms with Crippen molar-refractivity contribution in [2.75, 3.05) is 26.6 Å². The van der Waals surface area contributed by atoms with Gasteiger partial charge in [-0.2, -0.15) is 0 Å². The Morgan fingerprint density at radius 2 is 2.00 bits per heavy atom. The molecule has 32 heavy (non-hydrogen) atoms. The van der Waals surface area contributed by atoms with E-state index >= 15 is 0 Å². The van der Waals surface area contributed by atoms with Gasteiger partial charge in [0.1, 0.15) is 17.2 Å². The summed E-state index contributed by atoms with van der Waals surface area (Å²) in [5, 5.41) is 19.0. The molecule has 1 fully saturated rings. The second-order valence-corrected chi connectivity index (χ2v) is 8.32. The van der Waals surface area contributed by atoms with Crippen molar-refractivity contribution < 1.29 is 24.1 Å². The van der Waals surface area contributed by atoms with E-state index in [1.807, 2.05) is 4.57 Å². The van der Waals surface area contributed by atoms with Crippen molar-refractivity contribution in [2.45, 2.75) is 30.6 Å². The minimum absolute atomic E-state index is 0.0791. The molecule has 2 heterocycles. The lowest BCUT2D eigenvalue weighted by molar-refractivity contribution is 0.0953. The van der Waals surface area contributed by atoms with Gasteiger partial charge in [-0.1, -0.05) is 11.8 Å². The Kier molecular flexibility index (Phi) is 6.96. The van der Waals surface area contributed by atoms with Crippen LogP contribution >= 0.6 is 11.8 Å². The number of methoxy groups -OCH3 is 2. The number of carbonyl (C=O) groups is 1. The molecule has 0 radical (unpaired) electrons. The third-order valence-corrected chi connectivity index (χ3v) is 6.26. The normalized spacial score (nSPS) is 15.6. The highest BCUT2D eigenvalue weighted by Crippen LogP contribution is 2.30. The zero-order valence-corrected chi connectivity index (χ0v) is 18.8. The average molecular weight is 456 g/mol. The van der Waals surface area contributed by atoms with Gasteiger partial charge in [-0.3, -0.25) is 9.36 Å². The van der Waals surface area contributed by atoms with Gasteiger partial charge in [0.25, 0.3) is 0 Å². The molecule has 1 aliphatic heterocycles. The lowest BCUT2D eigenvalue weighted by Gasteiger charge is -2.15. The molecule has 168 valence electrons. The van der Waals surface area contributed by atoms with Crippen molar-refractivity contribution in [1.29, 1.82) is 0 Å². The molecule has 9 heteroatoms. The van der Waals surface area contributed by atoms with Crippen molar-refractivity contribution in [1.82, 2.24) is 14.8 Å². The van der Waals surface area contributed by atoms with Crippen LogP contribution in [0.3, 0.4) is 0 Å². The number of nitrogens with zero attached hydrogens (tertiary/aromatic N) is 3. The van der Waals surface area contributed by atoms with Gasteiger partial charge in [0.2, 0.25) is 0 Å². The first kappa shape index (κ1) is 22.2. The van der Waals surface area contributed by atoms with Gasteiger partial charge in [0, 0.05) is 12.2 Å². The number of thioether (sulfide) groups is 1. The number of rotatable bonds is 9. The number of phenolic OH excluding ortho intramolecular Hbond substituents is 1. The van der Waals surface area contributed by atoms with Crippen LogP contribution in [0.5, 0.6) is 17.2 Å². The van der Waals surface area contributed by atoms with Gasteiger partial charge < -0.3 is 19.3 Å². The highest BCUT2D eigenvalue weighted by molar-refractivity contribution is 7.99. The van der Waals surface area contributed by atoms with Crippen molar-refractivity contribution >= 4 is 17.5 Å². The molecule has 0 spiro atoms. The van der Waals surface area contributed by atoms with Crippen LogP contribution in [0.2, 0.25) is 0 Å². The third kappa shape index (κ3) is 4.89.